The zero-order chi connectivity index (χ0) is 38.8. The molecule has 0 bridgehead atoms. The summed E-state index contributed by atoms with van der Waals surface area (Å²) < 4.78 is 7.35. The number of nitrogens with zero attached hydrogens (tertiary/aromatic N) is 2. The average Bonchev–Trinajstić information content (AvgIpc) is 3.82. The van der Waals surface area contributed by atoms with E-state index in [1.54, 1.807) is 0 Å². The molecule has 3 heteroatoms. The Hall–Kier alpha value is -4.86. The highest BCUT2D eigenvalue weighted by atomic mass is 32.1. The van der Waals surface area contributed by atoms with Gasteiger partial charge in [-0.1, -0.05) is 181 Å². The molecule has 0 radical (unpaired) electrons. The van der Waals surface area contributed by atoms with Crippen LogP contribution in [0.5, 0.6) is 0 Å². The normalized spacial score (nSPS) is 10.6. The van der Waals surface area contributed by atoms with Crippen molar-refractivity contribution in [1.82, 2.24) is 9.13 Å². The number of rotatable bonds is 4. The standard InChI is InChI=1S/C37H26N2S.6C2H6/c1-3-24-25-15-8-10-20-31(25)38(30(24)4-2)34-22-12-17-28-29-18-13-23-35(37(29)40-36(28)34)39-32-19-7-5-6-14-26(32)27-16-9-11-21-33(27)39;6*1-2/h3-4,6-23H,1-2,5H2;6*1-2H3. The van der Waals surface area contributed by atoms with E-state index in [2.05, 4.69) is 132 Å². The second-order valence-electron chi connectivity index (χ2n) is 10.2. The molecule has 274 valence electrons. The van der Waals surface area contributed by atoms with Gasteiger partial charge in [0.15, 0.2) is 0 Å². The summed E-state index contributed by atoms with van der Waals surface area (Å²) in [6.07, 6.45) is 13.9. The Morgan fingerprint density at radius 2 is 0.962 bits per heavy atom. The fourth-order valence-corrected chi connectivity index (χ4v) is 7.74. The minimum Gasteiger partial charge on any atom is -0.308 e. The highest BCUT2D eigenvalue weighted by molar-refractivity contribution is 7.26. The molecule has 7 aromatic rings. The number of allylic oxidation sites excluding steroid dienone is 2. The molecule has 1 aliphatic rings. The van der Waals surface area contributed by atoms with Crippen molar-refractivity contribution in [3.05, 3.63) is 133 Å². The van der Waals surface area contributed by atoms with E-state index in [4.69, 9.17) is 0 Å². The van der Waals surface area contributed by atoms with Crippen molar-refractivity contribution in [2.24, 2.45) is 0 Å². The number of benzene rings is 4. The first-order valence-electron chi connectivity index (χ1n) is 19.6. The number of fused-ring (bicyclic) bond motifs is 7. The van der Waals surface area contributed by atoms with Crippen molar-refractivity contribution < 1.29 is 0 Å². The Bertz CT molecular complexity index is 2230. The Balaban J connectivity index is 0.000000713. The second-order valence-corrected chi connectivity index (χ2v) is 11.2. The van der Waals surface area contributed by atoms with Gasteiger partial charge < -0.3 is 9.13 Å². The SMILES string of the molecule is C=Cc1c(C=C)n(-c2cccc3c2sc2c(-n4c5c(c6ccccc64)C=CCC=C5)cccc23)c2ccccc12.CC.CC.CC.CC.CC.CC. The fourth-order valence-electron chi connectivity index (χ4n) is 6.43. The first-order chi connectivity index (χ1) is 25.8. The first-order valence-corrected chi connectivity index (χ1v) is 20.4. The van der Waals surface area contributed by atoms with Gasteiger partial charge in [0.2, 0.25) is 0 Å². The Kier molecular flexibility index (Phi) is 18.5. The fraction of sp³-hybridized carbons (Fsp3) is 0.265. The number of para-hydroxylation sites is 2. The van der Waals surface area contributed by atoms with Gasteiger partial charge in [-0.05, 0) is 42.8 Å². The molecule has 3 aromatic heterocycles. The Labute approximate surface area is 319 Å². The van der Waals surface area contributed by atoms with E-state index in [0.29, 0.717) is 0 Å². The van der Waals surface area contributed by atoms with Crippen molar-refractivity contribution >= 4 is 77.6 Å². The number of thiophene rings is 1. The lowest BCUT2D eigenvalue weighted by Crippen LogP contribution is -1.97. The molecule has 3 heterocycles. The van der Waals surface area contributed by atoms with Crippen LogP contribution in [0.3, 0.4) is 0 Å². The van der Waals surface area contributed by atoms with Crippen LogP contribution < -0.4 is 0 Å². The summed E-state index contributed by atoms with van der Waals surface area (Å²) in [5.41, 5.74) is 9.49. The molecule has 0 N–H and O–H groups in total. The van der Waals surface area contributed by atoms with Crippen LogP contribution in [0.2, 0.25) is 0 Å². The minimum absolute atomic E-state index is 0.947. The van der Waals surface area contributed by atoms with Gasteiger partial charge >= 0.3 is 0 Å². The third kappa shape index (κ3) is 7.96. The smallest absolute Gasteiger partial charge is 0.0640 e. The van der Waals surface area contributed by atoms with Crippen LogP contribution in [-0.4, -0.2) is 9.13 Å². The van der Waals surface area contributed by atoms with E-state index < -0.39 is 0 Å². The van der Waals surface area contributed by atoms with Crippen molar-refractivity contribution in [3.63, 3.8) is 0 Å². The maximum atomic E-state index is 4.19. The van der Waals surface area contributed by atoms with Crippen molar-refractivity contribution in [1.29, 1.82) is 0 Å². The van der Waals surface area contributed by atoms with Gasteiger partial charge in [-0.2, -0.15) is 0 Å². The predicted octanol–water partition coefficient (Wildman–Crippen LogP) is 16.8. The minimum atomic E-state index is 0.947. The third-order valence-electron chi connectivity index (χ3n) is 8.10. The van der Waals surface area contributed by atoms with Gasteiger partial charge in [0.05, 0.1) is 43.2 Å². The van der Waals surface area contributed by atoms with E-state index in [1.807, 2.05) is 107 Å². The van der Waals surface area contributed by atoms with Crippen molar-refractivity contribution in [3.8, 4) is 11.4 Å². The highest BCUT2D eigenvalue weighted by Gasteiger charge is 2.21. The van der Waals surface area contributed by atoms with Crippen LogP contribution in [0, 0.1) is 0 Å². The van der Waals surface area contributed by atoms with Gasteiger partial charge in [-0.25, -0.2) is 0 Å². The van der Waals surface area contributed by atoms with Gasteiger partial charge in [0.25, 0.3) is 0 Å². The predicted molar refractivity (Wildman–Crippen MR) is 244 cm³/mol. The molecule has 0 unspecified atom stereocenters. The monoisotopic (exact) mass is 710 g/mol. The van der Waals surface area contributed by atoms with E-state index in [1.165, 1.54) is 59.1 Å². The lowest BCUT2D eigenvalue weighted by Gasteiger charge is -2.10. The summed E-state index contributed by atoms with van der Waals surface area (Å²) in [4.78, 5) is 0. The molecule has 0 saturated carbocycles. The van der Waals surface area contributed by atoms with E-state index in [0.717, 1.165) is 23.2 Å². The van der Waals surface area contributed by atoms with Crippen LogP contribution in [0.25, 0.3) is 77.7 Å². The van der Waals surface area contributed by atoms with E-state index in [9.17, 15) is 0 Å². The van der Waals surface area contributed by atoms with Crippen LogP contribution in [-0.2, 0) is 0 Å². The summed E-state index contributed by atoms with van der Waals surface area (Å²) in [7, 11) is 0. The lowest BCUT2D eigenvalue weighted by atomic mass is 10.1. The highest BCUT2D eigenvalue weighted by Crippen LogP contribution is 2.44. The zero-order valence-corrected chi connectivity index (χ0v) is 34.8. The maximum absolute atomic E-state index is 4.19. The summed E-state index contributed by atoms with van der Waals surface area (Å²) >= 11 is 1.87. The molecule has 8 rings (SSSR count). The average molecular weight is 711 g/mol. The third-order valence-corrected chi connectivity index (χ3v) is 9.36. The Morgan fingerprint density at radius 1 is 0.500 bits per heavy atom. The summed E-state index contributed by atoms with van der Waals surface area (Å²) in [6.45, 7) is 32.3. The molecule has 0 saturated heterocycles. The molecule has 0 spiro atoms. The summed E-state index contributed by atoms with van der Waals surface area (Å²) in [6, 6.07) is 30.7. The maximum Gasteiger partial charge on any atom is 0.0640 e. The number of hydrogen-bond acceptors (Lipinski definition) is 1. The van der Waals surface area contributed by atoms with Gasteiger partial charge in [-0.15, -0.1) is 11.3 Å². The lowest BCUT2D eigenvalue weighted by molar-refractivity contribution is 1.12. The van der Waals surface area contributed by atoms with Crippen LogP contribution in [0.4, 0.5) is 0 Å². The summed E-state index contributed by atoms with van der Waals surface area (Å²) in [5.74, 6) is 0. The molecule has 0 atom stereocenters. The van der Waals surface area contributed by atoms with Crippen LogP contribution in [0.15, 0.2) is 110 Å². The topological polar surface area (TPSA) is 9.86 Å². The van der Waals surface area contributed by atoms with Crippen LogP contribution >= 0.6 is 11.3 Å². The van der Waals surface area contributed by atoms with Crippen LogP contribution in [0.1, 0.15) is 112 Å². The number of hydrogen-bond donors (Lipinski definition) is 0. The van der Waals surface area contributed by atoms with E-state index in [-0.39, 0.29) is 0 Å². The van der Waals surface area contributed by atoms with Gasteiger partial charge in [-0.3, -0.25) is 0 Å². The second kappa shape index (κ2) is 22.2. The molecule has 0 amide bonds. The number of aromatic nitrogens is 2. The molecule has 4 aromatic carbocycles. The molecular formula is C49H62N2S. The molecule has 0 fully saturated rings. The van der Waals surface area contributed by atoms with Crippen molar-refractivity contribution in [2.75, 3.05) is 0 Å². The summed E-state index contributed by atoms with van der Waals surface area (Å²) in [5, 5.41) is 5.02. The Morgan fingerprint density at radius 3 is 1.50 bits per heavy atom. The van der Waals surface area contributed by atoms with Gasteiger partial charge in [0, 0.05) is 32.7 Å². The zero-order valence-electron chi connectivity index (χ0n) is 34.0. The molecule has 2 nitrogen and oxygen atoms in total. The first kappa shape index (κ1) is 43.3. The molecule has 0 aliphatic heterocycles. The van der Waals surface area contributed by atoms with Gasteiger partial charge in [0.1, 0.15) is 0 Å². The van der Waals surface area contributed by atoms with Crippen molar-refractivity contribution in [2.45, 2.75) is 89.5 Å². The molecule has 1 aliphatic carbocycles. The quantitative estimate of drug-likeness (QED) is 0.172. The van der Waals surface area contributed by atoms with E-state index >= 15 is 0 Å². The molecule has 52 heavy (non-hydrogen) atoms. The molecular weight excluding hydrogens is 649 g/mol. The largest absolute Gasteiger partial charge is 0.308 e.